The van der Waals surface area contributed by atoms with Crippen LogP contribution in [0.15, 0.2) is 24.3 Å². The summed E-state index contributed by atoms with van der Waals surface area (Å²) in [6.45, 7) is 3.28. The van der Waals surface area contributed by atoms with Gasteiger partial charge < -0.3 is 10.5 Å². The van der Waals surface area contributed by atoms with E-state index in [0.717, 1.165) is 5.56 Å². The van der Waals surface area contributed by atoms with Gasteiger partial charge in [-0.05, 0) is 24.6 Å². The number of hydrogen-bond acceptors (Lipinski definition) is 3. The summed E-state index contributed by atoms with van der Waals surface area (Å²) < 4.78 is 4.87. The number of nitrogens with two attached hydrogens (primary N) is 1. The Morgan fingerprint density at radius 2 is 1.92 bits per heavy atom. The topological polar surface area (TPSA) is 52.3 Å². The van der Waals surface area contributed by atoms with Gasteiger partial charge in [-0.1, -0.05) is 12.1 Å². The van der Waals surface area contributed by atoms with Crippen molar-refractivity contribution in [3.05, 3.63) is 29.8 Å². The summed E-state index contributed by atoms with van der Waals surface area (Å²) in [5, 5.41) is 0. The number of carbonyl (C=O) groups is 1. The summed E-state index contributed by atoms with van der Waals surface area (Å²) in [5.74, 6) is 0.241. The monoisotopic (exact) mass is 179 g/mol. The van der Waals surface area contributed by atoms with Crippen LogP contribution in [0.5, 0.6) is 5.75 Å². The van der Waals surface area contributed by atoms with Gasteiger partial charge in [0.1, 0.15) is 5.75 Å². The Labute approximate surface area is 77.5 Å². The molecule has 0 saturated heterocycles. The first-order valence-electron chi connectivity index (χ1n) is 4.13. The SMILES string of the molecule is CC(=O)Oc1ccc(C(C)N)cc1. The fraction of sp³-hybridized carbons (Fsp3) is 0.300. The van der Waals surface area contributed by atoms with Crippen molar-refractivity contribution >= 4 is 5.97 Å². The van der Waals surface area contributed by atoms with Gasteiger partial charge >= 0.3 is 5.97 Å². The number of carbonyl (C=O) groups excluding carboxylic acids is 1. The van der Waals surface area contributed by atoms with Crippen LogP contribution in [0.25, 0.3) is 0 Å². The van der Waals surface area contributed by atoms with Gasteiger partial charge in [-0.2, -0.15) is 0 Å². The van der Waals surface area contributed by atoms with E-state index in [4.69, 9.17) is 10.5 Å². The number of hydrogen-bond donors (Lipinski definition) is 1. The number of ether oxygens (including phenoxy) is 1. The van der Waals surface area contributed by atoms with E-state index in [2.05, 4.69) is 0 Å². The second kappa shape index (κ2) is 4.05. The largest absolute Gasteiger partial charge is 0.427 e. The fourth-order valence-electron chi connectivity index (χ4n) is 1.01. The van der Waals surface area contributed by atoms with Crippen LogP contribution in [0, 0.1) is 0 Å². The summed E-state index contributed by atoms with van der Waals surface area (Å²) in [5.41, 5.74) is 6.68. The van der Waals surface area contributed by atoms with Crippen molar-refractivity contribution in [2.75, 3.05) is 0 Å². The average Bonchev–Trinajstić information content (AvgIpc) is 2.04. The van der Waals surface area contributed by atoms with E-state index in [1.807, 2.05) is 19.1 Å². The summed E-state index contributed by atoms with van der Waals surface area (Å²) in [7, 11) is 0. The molecule has 0 radical (unpaired) electrons. The van der Waals surface area contributed by atoms with Crippen molar-refractivity contribution in [2.24, 2.45) is 5.73 Å². The van der Waals surface area contributed by atoms with Crippen LogP contribution in [-0.4, -0.2) is 5.97 Å². The van der Waals surface area contributed by atoms with Gasteiger partial charge in [0.25, 0.3) is 0 Å². The van der Waals surface area contributed by atoms with Crippen LogP contribution < -0.4 is 10.5 Å². The lowest BCUT2D eigenvalue weighted by atomic mass is 10.1. The number of esters is 1. The maximum absolute atomic E-state index is 10.6. The quantitative estimate of drug-likeness (QED) is 0.554. The van der Waals surface area contributed by atoms with Crippen molar-refractivity contribution in [1.29, 1.82) is 0 Å². The molecule has 1 rings (SSSR count). The maximum Gasteiger partial charge on any atom is 0.308 e. The van der Waals surface area contributed by atoms with Crippen molar-refractivity contribution in [3.63, 3.8) is 0 Å². The Balaban J connectivity index is 2.75. The minimum absolute atomic E-state index is 0.00591. The Morgan fingerprint density at radius 3 is 2.31 bits per heavy atom. The van der Waals surface area contributed by atoms with Crippen LogP contribution in [-0.2, 0) is 4.79 Å². The molecule has 0 fully saturated rings. The zero-order valence-corrected chi connectivity index (χ0v) is 7.78. The third-order valence-electron chi connectivity index (χ3n) is 1.67. The minimum atomic E-state index is -0.312. The molecule has 1 aromatic rings. The first kappa shape index (κ1) is 9.74. The molecule has 0 aliphatic rings. The lowest BCUT2D eigenvalue weighted by molar-refractivity contribution is -0.131. The Hall–Kier alpha value is -1.35. The van der Waals surface area contributed by atoms with Crippen molar-refractivity contribution in [3.8, 4) is 5.75 Å². The molecule has 0 amide bonds. The molecule has 2 N–H and O–H groups in total. The highest BCUT2D eigenvalue weighted by molar-refractivity contribution is 5.69. The van der Waals surface area contributed by atoms with Crippen molar-refractivity contribution in [2.45, 2.75) is 19.9 Å². The van der Waals surface area contributed by atoms with Gasteiger partial charge in [0.05, 0.1) is 0 Å². The Kier molecular flexibility index (Phi) is 3.03. The van der Waals surface area contributed by atoms with Crippen LogP contribution in [0.2, 0.25) is 0 Å². The van der Waals surface area contributed by atoms with E-state index in [1.54, 1.807) is 12.1 Å². The van der Waals surface area contributed by atoms with E-state index in [9.17, 15) is 4.79 Å². The van der Waals surface area contributed by atoms with Gasteiger partial charge in [0.2, 0.25) is 0 Å². The Bertz CT molecular complexity index is 290. The lowest BCUT2D eigenvalue weighted by Gasteiger charge is -2.06. The first-order chi connectivity index (χ1) is 6.09. The molecule has 0 bridgehead atoms. The smallest absolute Gasteiger partial charge is 0.308 e. The third-order valence-corrected chi connectivity index (χ3v) is 1.67. The van der Waals surface area contributed by atoms with Crippen LogP contribution in [0.1, 0.15) is 25.5 Å². The molecule has 1 atom stereocenters. The standard InChI is InChI=1S/C10H13NO2/c1-7(11)9-3-5-10(6-4-9)13-8(2)12/h3-7H,11H2,1-2H3. The summed E-state index contributed by atoms with van der Waals surface area (Å²) in [6.07, 6.45) is 0. The van der Waals surface area contributed by atoms with Crippen LogP contribution in [0.4, 0.5) is 0 Å². The van der Waals surface area contributed by atoms with E-state index < -0.39 is 0 Å². The molecule has 0 spiro atoms. The average molecular weight is 179 g/mol. The molecule has 0 saturated carbocycles. The maximum atomic E-state index is 10.6. The summed E-state index contributed by atoms with van der Waals surface area (Å²) in [4.78, 5) is 10.6. The van der Waals surface area contributed by atoms with E-state index in [1.165, 1.54) is 6.92 Å². The molecule has 0 aliphatic carbocycles. The highest BCUT2D eigenvalue weighted by Gasteiger charge is 2.00. The second-order valence-corrected chi connectivity index (χ2v) is 2.95. The molecule has 0 aliphatic heterocycles. The molecule has 1 unspecified atom stereocenters. The summed E-state index contributed by atoms with van der Waals surface area (Å²) in [6, 6.07) is 7.18. The molecule has 0 aromatic heterocycles. The molecule has 70 valence electrons. The number of benzene rings is 1. The van der Waals surface area contributed by atoms with Crippen molar-refractivity contribution in [1.82, 2.24) is 0 Å². The normalized spacial score (nSPS) is 12.2. The van der Waals surface area contributed by atoms with Crippen LogP contribution in [0.3, 0.4) is 0 Å². The van der Waals surface area contributed by atoms with Crippen molar-refractivity contribution < 1.29 is 9.53 Å². The Morgan fingerprint density at radius 1 is 1.38 bits per heavy atom. The van der Waals surface area contributed by atoms with Gasteiger partial charge in [0.15, 0.2) is 0 Å². The lowest BCUT2D eigenvalue weighted by Crippen LogP contribution is -2.05. The van der Waals surface area contributed by atoms with E-state index in [0.29, 0.717) is 5.75 Å². The van der Waals surface area contributed by atoms with Gasteiger partial charge in [-0.25, -0.2) is 0 Å². The molecule has 1 aromatic carbocycles. The molecule has 13 heavy (non-hydrogen) atoms. The highest BCUT2D eigenvalue weighted by atomic mass is 16.5. The van der Waals surface area contributed by atoms with Crippen LogP contribution >= 0.6 is 0 Å². The molecule has 3 heteroatoms. The number of rotatable bonds is 2. The minimum Gasteiger partial charge on any atom is -0.427 e. The van der Waals surface area contributed by atoms with Gasteiger partial charge in [-0.15, -0.1) is 0 Å². The first-order valence-corrected chi connectivity index (χ1v) is 4.13. The molecule has 0 heterocycles. The highest BCUT2D eigenvalue weighted by Crippen LogP contribution is 2.15. The molecule has 3 nitrogen and oxygen atoms in total. The van der Waals surface area contributed by atoms with Gasteiger partial charge in [0, 0.05) is 13.0 Å². The molecular formula is C10H13NO2. The fourth-order valence-corrected chi connectivity index (χ4v) is 1.01. The van der Waals surface area contributed by atoms with E-state index in [-0.39, 0.29) is 12.0 Å². The predicted molar refractivity (Wildman–Crippen MR) is 50.4 cm³/mol. The zero-order chi connectivity index (χ0) is 9.84. The third kappa shape index (κ3) is 2.87. The van der Waals surface area contributed by atoms with Gasteiger partial charge in [-0.3, -0.25) is 4.79 Å². The van der Waals surface area contributed by atoms with E-state index >= 15 is 0 Å². The zero-order valence-electron chi connectivity index (χ0n) is 7.78. The second-order valence-electron chi connectivity index (χ2n) is 2.95. The molecular weight excluding hydrogens is 166 g/mol. The predicted octanol–water partition coefficient (Wildman–Crippen LogP) is 1.63. The summed E-state index contributed by atoms with van der Waals surface area (Å²) >= 11 is 0.